The first kappa shape index (κ1) is 11.2. The molecular weight excluding hydrogens is 174 g/mol. The predicted octanol–water partition coefficient (Wildman–Crippen LogP) is 1.95. The molecule has 0 aliphatic carbocycles. The van der Waals surface area contributed by atoms with E-state index in [-0.39, 0.29) is 0 Å². The van der Waals surface area contributed by atoms with E-state index < -0.39 is 0 Å². The molecule has 3 nitrogen and oxygen atoms in total. The van der Waals surface area contributed by atoms with E-state index >= 15 is 0 Å². The molecule has 0 amide bonds. The van der Waals surface area contributed by atoms with Gasteiger partial charge in [0.2, 0.25) is 0 Å². The van der Waals surface area contributed by atoms with Gasteiger partial charge in [-0.2, -0.15) is 5.10 Å². The van der Waals surface area contributed by atoms with E-state index in [1.807, 2.05) is 17.9 Å². The molecule has 3 heteroatoms. The van der Waals surface area contributed by atoms with Gasteiger partial charge >= 0.3 is 0 Å². The normalized spacial score (nSPS) is 11.1. The Hall–Kier alpha value is -0.830. The fraction of sp³-hybridized carbons (Fsp3) is 0.727. The van der Waals surface area contributed by atoms with Crippen LogP contribution in [0.2, 0.25) is 0 Å². The molecule has 1 aromatic heterocycles. The zero-order chi connectivity index (χ0) is 10.4. The van der Waals surface area contributed by atoms with Crippen LogP contribution < -0.4 is 5.32 Å². The third-order valence-corrected chi connectivity index (χ3v) is 2.22. The first-order valence-corrected chi connectivity index (χ1v) is 5.36. The molecule has 0 saturated carbocycles. The van der Waals surface area contributed by atoms with Crippen LogP contribution in [0.1, 0.15) is 32.3 Å². The molecule has 1 N–H and O–H groups in total. The Kier molecular flexibility index (Phi) is 4.66. The minimum Gasteiger partial charge on any atom is -0.313 e. The quantitative estimate of drug-likeness (QED) is 0.703. The number of nitrogens with zero attached hydrogens (tertiary/aromatic N) is 2. The van der Waals surface area contributed by atoms with Crippen molar-refractivity contribution >= 4 is 0 Å². The van der Waals surface area contributed by atoms with Crippen molar-refractivity contribution in [2.45, 2.75) is 33.2 Å². The molecule has 1 heterocycles. The summed E-state index contributed by atoms with van der Waals surface area (Å²) in [5.41, 5.74) is 1.26. The van der Waals surface area contributed by atoms with E-state index in [4.69, 9.17) is 0 Å². The van der Waals surface area contributed by atoms with Crippen LogP contribution in [0.5, 0.6) is 0 Å². The summed E-state index contributed by atoms with van der Waals surface area (Å²) in [6.45, 7) is 6.57. The highest BCUT2D eigenvalue weighted by molar-refractivity contribution is 5.02. The minimum absolute atomic E-state index is 0.815. The van der Waals surface area contributed by atoms with Crippen molar-refractivity contribution in [1.82, 2.24) is 15.1 Å². The number of rotatable bonds is 6. The zero-order valence-electron chi connectivity index (χ0n) is 9.45. The van der Waals surface area contributed by atoms with Crippen molar-refractivity contribution in [3.05, 3.63) is 18.0 Å². The lowest BCUT2D eigenvalue weighted by Crippen LogP contribution is -2.14. The molecule has 14 heavy (non-hydrogen) atoms. The van der Waals surface area contributed by atoms with Crippen LogP contribution in [0.4, 0.5) is 0 Å². The third kappa shape index (κ3) is 4.42. The summed E-state index contributed by atoms with van der Waals surface area (Å²) in [6.07, 6.45) is 6.53. The molecule has 1 aromatic rings. The van der Waals surface area contributed by atoms with Gasteiger partial charge in [0.05, 0.1) is 6.20 Å². The lowest BCUT2D eigenvalue weighted by atomic mass is 10.1. The fourth-order valence-corrected chi connectivity index (χ4v) is 1.43. The Morgan fingerprint density at radius 2 is 2.29 bits per heavy atom. The van der Waals surface area contributed by atoms with Crippen molar-refractivity contribution in [1.29, 1.82) is 0 Å². The van der Waals surface area contributed by atoms with Gasteiger partial charge in [-0.05, 0) is 25.3 Å². The summed E-state index contributed by atoms with van der Waals surface area (Å²) >= 11 is 0. The van der Waals surface area contributed by atoms with Crippen LogP contribution in [0.3, 0.4) is 0 Å². The van der Waals surface area contributed by atoms with Crippen LogP contribution in [-0.4, -0.2) is 16.3 Å². The maximum absolute atomic E-state index is 4.12. The molecule has 0 spiro atoms. The molecule has 1 rings (SSSR count). The number of nitrogens with one attached hydrogen (secondary N) is 1. The molecule has 0 aromatic carbocycles. The van der Waals surface area contributed by atoms with E-state index in [0.717, 1.165) is 19.0 Å². The molecule has 0 aliphatic rings. The lowest BCUT2D eigenvalue weighted by Gasteiger charge is -2.05. The lowest BCUT2D eigenvalue weighted by molar-refractivity contribution is 0.527. The topological polar surface area (TPSA) is 29.9 Å². The maximum atomic E-state index is 4.12. The second kappa shape index (κ2) is 5.81. The first-order chi connectivity index (χ1) is 6.68. The van der Waals surface area contributed by atoms with Gasteiger partial charge in [-0.25, -0.2) is 0 Å². The highest BCUT2D eigenvalue weighted by Gasteiger charge is 1.96. The Balaban J connectivity index is 2.04. The second-order valence-corrected chi connectivity index (χ2v) is 4.24. The summed E-state index contributed by atoms with van der Waals surface area (Å²) in [5, 5.41) is 7.54. The van der Waals surface area contributed by atoms with E-state index in [9.17, 15) is 0 Å². The second-order valence-electron chi connectivity index (χ2n) is 4.24. The molecule has 0 aliphatic heterocycles. The fourth-order valence-electron chi connectivity index (χ4n) is 1.43. The highest BCUT2D eigenvalue weighted by Crippen LogP contribution is 2.02. The average molecular weight is 195 g/mol. The molecule has 0 saturated heterocycles. The third-order valence-electron chi connectivity index (χ3n) is 2.22. The van der Waals surface area contributed by atoms with Crippen molar-refractivity contribution in [2.24, 2.45) is 13.0 Å². The molecule has 0 radical (unpaired) electrons. The van der Waals surface area contributed by atoms with Crippen molar-refractivity contribution < 1.29 is 0 Å². The predicted molar refractivity (Wildman–Crippen MR) is 59.0 cm³/mol. The van der Waals surface area contributed by atoms with Gasteiger partial charge < -0.3 is 5.32 Å². The Morgan fingerprint density at radius 3 is 2.86 bits per heavy atom. The maximum Gasteiger partial charge on any atom is 0.0534 e. The van der Waals surface area contributed by atoms with Gasteiger partial charge in [0.15, 0.2) is 0 Å². The number of aromatic nitrogens is 2. The Bertz CT molecular complexity index is 253. The zero-order valence-corrected chi connectivity index (χ0v) is 9.45. The van der Waals surface area contributed by atoms with Gasteiger partial charge in [0.25, 0.3) is 0 Å². The molecule has 0 unspecified atom stereocenters. The molecule has 80 valence electrons. The molecular formula is C11H21N3. The minimum atomic E-state index is 0.815. The largest absolute Gasteiger partial charge is 0.313 e. The standard InChI is InChI=1S/C11H21N3/c1-10(2)5-4-6-12-7-11-8-13-14(3)9-11/h8-10,12H,4-7H2,1-3H3. The van der Waals surface area contributed by atoms with Gasteiger partial charge in [0, 0.05) is 25.4 Å². The van der Waals surface area contributed by atoms with E-state index in [0.29, 0.717) is 0 Å². The van der Waals surface area contributed by atoms with Gasteiger partial charge in [-0.1, -0.05) is 13.8 Å². The monoisotopic (exact) mass is 195 g/mol. The molecule has 0 atom stereocenters. The van der Waals surface area contributed by atoms with Crippen LogP contribution in [0, 0.1) is 5.92 Å². The summed E-state index contributed by atoms with van der Waals surface area (Å²) in [6, 6.07) is 0. The Labute approximate surface area is 86.5 Å². The van der Waals surface area contributed by atoms with E-state index in [1.54, 1.807) is 0 Å². The Morgan fingerprint density at radius 1 is 1.50 bits per heavy atom. The molecule has 0 bridgehead atoms. The van der Waals surface area contributed by atoms with Gasteiger partial charge in [0.1, 0.15) is 0 Å². The van der Waals surface area contributed by atoms with E-state index in [1.165, 1.54) is 18.4 Å². The van der Waals surface area contributed by atoms with Crippen LogP contribution in [0.15, 0.2) is 12.4 Å². The molecule has 0 fully saturated rings. The number of hydrogen-bond acceptors (Lipinski definition) is 2. The summed E-state index contributed by atoms with van der Waals surface area (Å²) in [7, 11) is 1.95. The smallest absolute Gasteiger partial charge is 0.0534 e. The SMILES string of the molecule is CC(C)CCCNCc1cnn(C)c1. The van der Waals surface area contributed by atoms with Crippen molar-refractivity contribution in [3.63, 3.8) is 0 Å². The van der Waals surface area contributed by atoms with Crippen LogP contribution in [-0.2, 0) is 13.6 Å². The number of hydrogen-bond donors (Lipinski definition) is 1. The average Bonchev–Trinajstić information content (AvgIpc) is 2.50. The highest BCUT2D eigenvalue weighted by atomic mass is 15.2. The number of aryl methyl sites for hydroxylation is 1. The van der Waals surface area contributed by atoms with Gasteiger partial charge in [-0.15, -0.1) is 0 Å². The van der Waals surface area contributed by atoms with Gasteiger partial charge in [-0.3, -0.25) is 4.68 Å². The summed E-state index contributed by atoms with van der Waals surface area (Å²) in [4.78, 5) is 0. The van der Waals surface area contributed by atoms with E-state index in [2.05, 4.69) is 30.5 Å². The van der Waals surface area contributed by atoms with Crippen molar-refractivity contribution in [3.8, 4) is 0 Å². The van der Waals surface area contributed by atoms with Crippen LogP contribution in [0.25, 0.3) is 0 Å². The summed E-state index contributed by atoms with van der Waals surface area (Å²) in [5.74, 6) is 0.815. The van der Waals surface area contributed by atoms with Crippen LogP contribution >= 0.6 is 0 Å². The summed E-state index contributed by atoms with van der Waals surface area (Å²) < 4.78 is 1.84. The first-order valence-electron chi connectivity index (χ1n) is 5.36. The van der Waals surface area contributed by atoms with Crippen molar-refractivity contribution in [2.75, 3.05) is 6.54 Å².